The number of hydrogen-bond donors (Lipinski definition) is 0. The summed E-state index contributed by atoms with van der Waals surface area (Å²) in [6, 6.07) is 4.12. The van der Waals surface area contributed by atoms with Crippen molar-refractivity contribution in [1.29, 1.82) is 0 Å². The van der Waals surface area contributed by atoms with Crippen LogP contribution in [0.15, 0.2) is 30.7 Å². The molecule has 0 aromatic carbocycles. The molecule has 6 heteroatoms. The average Bonchev–Trinajstić information content (AvgIpc) is 3.13. The van der Waals surface area contributed by atoms with E-state index in [2.05, 4.69) is 20.7 Å². The van der Waals surface area contributed by atoms with E-state index >= 15 is 0 Å². The first-order valence-corrected chi connectivity index (χ1v) is 8.75. The van der Waals surface area contributed by atoms with Crippen molar-refractivity contribution in [1.82, 2.24) is 19.3 Å². The van der Waals surface area contributed by atoms with Crippen LogP contribution in [0, 0.1) is 12.8 Å². The van der Waals surface area contributed by atoms with Crippen LogP contribution in [-0.4, -0.2) is 25.3 Å². The summed E-state index contributed by atoms with van der Waals surface area (Å²) in [5, 5.41) is 4.30. The normalized spacial score (nSPS) is 18.1. The third-order valence-electron chi connectivity index (χ3n) is 5.46. The summed E-state index contributed by atoms with van der Waals surface area (Å²) in [7, 11) is 1.92. The Labute approximate surface area is 145 Å². The smallest absolute Gasteiger partial charge is 0.248 e. The molecule has 3 heterocycles. The van der Waals surface area contributed by atoms with E-state index in [4.69, 9.17) is 0 Å². The van der Waals surface area contributed by atoms with E-state index in [1.54, 1.807) is 0 Å². The van der Waals surface area contributed by atoms with Crippen molar-refractivity contribution in [3.8, 4) is 11.1 Å². The van der Waals surface area contributed by atoms with E-state index in [1.165, 1.54) is 0 Å². The Balaban J connectivity index is 1.62. The molecule has 0 unspecified atom stereocenters. The zero-order chi connectivity index (χ0) is 17.6. The third-order valence-corrected chi connectivity index (χ3v) is 5.46. The molecule has 0 bridgehead atoms. The van der Waals surface area contributed by atoms with Gasteiger partial charge in [0.15, 0.2) is 0 Å². The average molecular weight is 344 g/mol. The van der Waals surface area contributed by atoms with Crippen LogP contribution in [0.25, 0.3) is 22.2 Å². The third kappa shape index (κ3) is 3.05. The molecule has 25 heavy (non-hydrogen) atoms. The highest BCUT2D eigenvalue weighted by Crippen LogP contribution is 2.37. The van der Waals surface area contributed by atoms with E-state index in [0.717, 1.165) is 34.4 Å². The minimum atomic E-state index is -2.47. The summed E-state index contributed by atoms with van der Waals surface area (Å²) in [5.74, 6) is -2.17. The molecule has 0 radical (unpaired) electrons. The molecular weight excluding hydrogens is 322 g/mol. The van der Waals surface area contributed by atoms with Crippen LogP contribution in [0.1, 0.15) is 31.4 Å². The summed E-state index contributed by atoms with van der Waals surface area (Å²) < 4.78 is 30.7. The van der Waals surface area contributed by atoms with Gasteiger partial charge in [0.1, 0.15) is 0 Å². The monoisotopic (exact) mass is 344 g/mol. The molecule has 0 atom stereocenters. The Morgan fingerprint density at radius 3 is 2.68 bits per heavy atom. The predicted molar refractivity (Wildman–Crippen MR) is 93.6 cm³/mol. The number of alkyl halides is 2. The van der Waals surface area contributed by atoms with Crippen LogP contribution in [0.2, 0.25) is 0 Å². The van der Waals surface area contributed by atoms with Gasteiger partial charge in [0.05, 0.1) is 17.2 Å². The predicted octanol–water partition coefficient (Wildman–Crippen LogP) is 4.57. The van der Waals surface area contributed by atoms with E-state index in [1.807, 2.05) is 43.3 Å². The van der Waals surface area contributed by atoms with Gasteiger partial charge in [-0.05, 0) is 37.8 Å². The van der Waals surface area contributed by atoms with E-state index < -0.39 is 5.92 Å². The molecule has 3 aromatic rings. The SMILES string of the molecule is Cc1c(-c2cnc3ccn(CC4CCC(F)(F)CC4)c3c2)cnn1C. The number of halogens is 2. The maximum absolute atomic E-state index is 13.4. The van der Waals surface area contributed by atoms with Crippen LogP contribution >= 0.6 is 0 Å². The van der Waals surface area contributed by atoms with Crippen LogP contribution in [0.4, 0.5) is 8.78 Å². The molecule has 1 saturated carbocycles. The molecule has 0 aliphatic heterocycles. The fraction of sp³-hybridized carbons (Fsp3) is 0.474. The molecule has 0 spiro atoms. The van der Waals surface area contributed by atoms with Crippen LogP contribution in [0.5, 0.6) is 0 Å². The lowest BCUT2D eigenvalue weighted by molar-refractivity contribution is -0.0472. The minimum Gasteiger partial charge on any atom is -0.346 e. The molecule has 1 fully saturated rings. The highest BCUT2D eigenvalue weighted by Gasteiger charge is 2.34. The first-order chi connectivity index (χ1) is 11.9. The number of aryl methyl sites for hydroxylation is 1. The Morgan fingerprint density at radius 1 is 1.24 bits per heavy atom. The van der Waals surface area contributed by atoms with Crippen LogP contribution in [0.3, 0.4) is 0 Å². The van der Waals surface area contributed by atoms with Gasteiger partial charge in [-0.2, -0.15) is 5.10 Å². The summed E-state index contributed by atoms with van der Waals surface area (Å²) in [5.41, 5.74) is 5.19. The number of fused-ring (bicyclic) bond motifs is 1. The van der Waals surface area contributed by atoms with Crippen LogP contribution < -0.4 is 0 Å². The van der Waals surface area contributed by atoms with Gasteiger partial charge in [0, 0.05) is 55.6 Å². The van der Waals surface area contributed by atoms with Crippen molar-refractivity contribution in [3.63, 3.8) is 0 Å². The maximum atomic E-state index is 13.4. The number of rotatable bonds is 3. The lowest BCUT2D eigenvalue weighted by atomic mass is 9.87. The van der Waals surface area contributed by atoms with E-state index in [9.17, 15) is 8.78 Å². The molecular formula is C19H22F2N4. The summed E-state index contributed by atoms with van der Waals surface area (Å²) in [6.45, 7) is 2.81. The summed E-state index contributed by atoms with van der Waals surface area (Å²) in [4.78, 5) is 4.57. The van der Waals surface area contributed by atoms with Gasteiger partial charge in [0.25, 0.3) is 0 Å². The fourth-order valence-electron chi connectivity index (χ4n) is 3.71. The van der Waals surface area contributed by atoms with Gasteiger partial charge in [-0.25, -0.2) is 8.78 Å². The van der Waals surface area contributed by atoms with Gasteiger partial charge >= 0.3 is 0 Å². The van der Waals surface area contributed by atoms with Gasteiger partial charge in [0.2, 0.25) is 5.92 Å². The molecule has 4 nitrogen and oxygen atoms in total. The zero-order valence-electron chi connectivity index (χ0n) is 14.5. The summed E-state index contributed by atoms with van der Waals surface area (Å²) >= 11 is 0. The number of hydrogen-bond acceptors (Lipinski definition) is 2. The Hall–Kier alpha value is -2.24. The second kappa shape index (κ2) is 5.93. The first kappa shape index (κ1) is 16.2. The number of aromatic nitrogens is 4. The lowest BCUT2D eigenvalue weighted by Crippen LogP contribution is -2.26. The Kier molecular flexibility index (Phi) is 3.85. The van der Waals surface area contributed by atoms with Gasteiger partial charge in [-0.1, -0.05) is 0 Å². The van der Waals surface area contributed by atoms with Crippen LogP contribution in [-0.2, 0) is 13.6 Å². The second-order valence-corrected chi connectivity index (χ2v) is 7.16. The largest absolute Gasteiger partial charge is 0.346 e. The second-order valence-electron chi connectivity index (χ2n) is 7.16. The van der Waals surface area contributed by atoms with Gasteiger partial charge < -0.3 is 4.57 Å². The van der Waals surface area contributed by atoms with Gasteiger partial charge in [-0.15, -0.1) is 0 Å². The lowest BCUT2D eigenvalue weighted by Gasteiger charge is -2.28. The Morgan fingerprint density at radius 2 is 2.00 bits per heavy atom. The molecule has 0 saturated heterocycles. The van der Waals surface area contributed by atoms with Crippen molar-refractivity contribution in [2.24, 2.45) is 13.0 Å². The van der Waals surface area contributed by atoms with Crippen molar-refractivity contribution in [2.45, 2.75) is 45.1 Å². The van der Waals surface area contributed by atoms with Gasteiger partial charge in [-0.3, -0.25) is 9.67 Å². The quantitative estimate of drug-likeness (QED) is 0.698. The highest BCUT2D eigenvalue weighted by atomic mass is 19.3. The first-order valence-electron chi connectivity index (χ1n) is 8.75. The van der Waals surface area contributed by atoms with Crippen molar-refractivity contribution in [2.75, 3.05) is 0 Å². The van der Waals surface area contributed by atoms with E-state index in [0.29, 0.717) is 18.8 Å². The van der Waals surface area contributed by atoms with E-state index in [-0.39, 0.29) is 12.8 Å². The molecule has 3 aromatic heterocycles. The molecule has 132 valence electrons. The molecule has 0 N–H and O–H groups in total. The van der Waals surface area contributed by atoms with Crippen molar-refractivity contribution in [3.05, 3.63) is 36.4 Å². The molecule has 1 aliphatic carbocycles. The minimum absolute atomic E-state index is 0.00917. The highest BCUT2D eigenvalue weighted by molar-refractivity contribution is 5.81. The fourth-order valence-corrected chi connectivity index (χ4v) is 3.71. The summed E-state index contributed by atoms with van der Waals surface area (Å²) in [6.07, 6.45) is 6.93. The zero-order valence-corrected chi connectivity index (χ0v) is 14.5. The van der Waals surface area contributed by atoms with Crippen molar-refractivity contribution >= 4 is 11.0 Å². The number of nitrogens with zero attached hydrogens (tertiary/aromatic N) is 4. The molecule has 1 aliphatic rings. The maximum Gasteiger partial charge on any atom is 0.248 e. The standard InChI is InChI=1S/C19H22F2N4/c1-13-16(11-23-24(13)2)15-9-18-17(22-10-15)5-8-25(18)12-14-3-6-19(20,21)7-4-14/h5,8-11,14H,3-4,6-7,12H2,1-2H3. The topological polar surface area (TPSA) is 35.6 Å². The number of pyridine rings is 1. The molecule has 4 rings (SSSR count). The molecule has 0 amide bonds. The Bertz CT molecular complexity index is 899. The van der Waals surface area contributed by atoms with Crippen molar-refractivity contribution < 1.29 is 8.78 Å².